The summed E-state index contributed by atoms with van der Waals surface area (Å²) in [6.45, 7) is 1.76. The number of alkyl halides is 3. The van der Waals surface area contributed by atoms with Crippen molar-refractivity contribution in [2.45, 2.75) is 26.1 Å². The monoisotopic (exact) mass is 447 g/mol. The number of oxazole rings is 1. The molecule has 0 bridgehead atoms. The number of aliphatic carboxylic acids is 1. The molecular formula is C22H16F3NO4S. The molecule has 2 aromatic heterocycles. The van der Waals surface area contributed by atoms with Gasteiger partial charge < -0.3 is 14.3 Å². The fraction of sp³-hybridized carbons (Fsp3) is 0.182. The molecule has 2 aromatic carbocycles. The Balaban J connectivity index is 1.56. The number of fused-ring (bicyclic) bond motifs is 1. The first-order valence-electron chi connectivity index (χ1n) is 9.20. The highest BCUT2D eigenvalue weighted by Gasteiger charge is 2.30. The fourth-order valence-corrected chi connectivity index (χ4v) is 4.14. The minimum Gasteiger partial charge on any atom is -0.486 e. The Bertz CT molecular complexity index is 1240. The lowest BCUT2D eigenvalue weighted by molar-refractivity contribution is -0.138. The van der Waals surface area contributed by atoms with E-state index >= 15 is 0 Å². The zero-order valence-corrected chi connectivity index (χ0v) is 17.0. The van der Waals surface area contributed by atoms with Crippen LogP contribution in [0.5, 0.6) is 5.75 Å². The Morgan fingerprint density at radius 3 is 2.61 bits per heavy atom. The predicted molar refractivity (Wildman–Crippen MR) is 109 cm³/mol. The molecule has 160 valence electrons. The number of hydrogen-bond acceptors (Lipinski definition) is 5. The van der Waals surface area contributed by atoms with Crippen molar-refractivity contribution in [3.05, 3.63) is 70.4 Å². The molecule has 0 saturated carbocycles. The molecule has 0 aliphatic carbocycles. The SMILES string of the molecule is Cc1oc(-c2ccc(C(F)(F)F)cc2)nc1COc1cccc2scc(CC(=O)O)c12. The second-order valence-corrected chi connectivity index (χ2v) is 7.76. The highest BCUT2D eigenvalue weighted by atomic mass is 32.1. The molecule has 1 N–H and O–H groups in total. The van der Waals surface area contributed by atoms with Gasteiger partial charge in [-0.25, -0.2) is 4.98 Å². The largest absolute Gasteiger partial charge is 0.486 e. The van der Waals surface area contributed by atoms with Crippen molar-refractivity contribution in [3.8, 4) is 17.2 Å². The van der Waals surface area contributed by atoms with Gasteiger partial charge in [0.2, 0.25) is 5.89 Å². The second kappa shape index (κ2) is 8.07. The van der Waals surface area contributed by atoms with E-state index in [2.05, 4.69) is 4.98 Å². The van der Waals surface area contributed by atoms with Crippen LogP contribution in [-0.2, 0) is 24.0 Å². The van der Waals surface area contributed by atoms with Gasteiger partial charge in [-0.2, -0.15) is 13.2 Å². The van der Waals surface area contributed by atoms with Crippen LogP contribution in [0.4, 0.5) is 13.2 Å². The van der Waals surface area contributed by atoms with E-state index in [9.17, 15) is 18.0 Å². The van der Waals surface area contributed by atoms with Gasteiger partial charge in [-0.05, 0) is 54.3 Å². The van der Waals surface area contributed by atoms with Gasteiger partial charge in [-0.3, -0.25) is 4.79 Å². The average Bonchev–Trinajstić information content (AvgIpc) is 3.29. The van der Waals surface area contributed by atoms with Crippen LogP contribution in [0.3, 0.4) is 0 Å². The number of rotatable bonds is 6. The lowest BCUT2D eigenvalue weighted by Gasteiger charge is -2.08. The van der Waals surface area contributed by atoms with Crippen LogP contribution in [0.2, 0.25) is 0 Å². The van der Waals surface area contributed by atoms with E-state index in [0.717, 1.165) is 22.2 Å². The molecule has 0 aliphatic rings. The van der Waals surface area contributed by atoms with E-state index in [-0.39, 0.29) is 18.9 Å². The lowest BCUT2D eigenvalue weighted by Crippen LogP contribution is -2.04. The Morgan fingerprint density at radius 2 is 1.94 bits per heavy atom. The molecule has 0 spiro atoms. The number of hydrogen-bond donors (Lipinski definition) is 1. The Hall–Kier alpha value is -3.33. The van der Waals surface area contributed by atoms with Gasteiger partial charge in [-0.15, -0.1) is 11.3 Å². The summed E-state index contributed by atoms with van der Waals surface area (Å²) in [5, 5.41) is 11.7. The second-order valence-electron chi connectivity index (χ2n) is 6.85. The molecule has 0 atom stereocenters. The smallest absolute Gasteiger partial charge is 0.416 e. The van der Waals surface area contributed by atoms with Crippen molar-refractivity contribution in [1.82, 2.24) is 4.98 Å². The topological polar surface area (TPSA) is 72.6 Å². The molecule has 0 amide bonds. The summed E-state index contributed by atoms with van der Waals surface area (Å²) in [7, 11) is 0. The minimum atomic E-state index is -4.41. The van der Waals surface area contributed by atoms with E-state index in [1.165, 1.54) is 23.5 Å². The quantitative estimate of drug-likeness (QED) is 0.387. The molecule has 0 saturated heterocycles. The normalized spacial score (nSPS) is 11.7. The summed E-state index contributed by atoms with van der Waals surface area (Å²) in [5.41, 5.74) is 0.850. The summed E-state index contributed by atoms with van der Waals surface area (Å²) in [4.78, 5) is 15.5. The third-order valence-electron chi connectivity index (χ3n) is 4.70. The molecule has 9 heteroatoms. The summed E-state index contributed by atoms with van der Waals surface area (Å²) in [6.07, 6.45) is -4.52. The number of halogens is 3. The van der Waals surface area contributed by atoms with E-state index in [1.54, 1.807) is 18.4 Å². The fourth-order valence-electron chi connectivity index (χ4n) is 3.17. The van der Waals surface area contributed by atoms with Crippen LogP contribution in [0.25, 0.3) is 21.5 Å². The van der Waals surface area contributed by atoms with Crippen molar-refractivity contribution in [1.29, 1.82) is 0 Å². The van der Waals surface area contributed by atoms with Crippen molar-refractivity contribution in [2.24, 2.45) is 0 Å². The Morgan fingerprint density at radius 1 is 1.19 bits per heavy atom. The lowest BCUT2D eigenvalue weighted by atomic mass is 10.1. The molecule has 4 rings (SSSR count). The van der Waals surface area contributed by atoms with Crippen LogP contribution < -0.4 is 4.74 Å². The first kappa shape index (κ1) is 20.9. The third kappa shape index (κ3) is 4.41. The molecular weight excluding hydrogens is 431 g/mol. The van der Waals surface area contributed by atoms with Gasteiger partial charge in [0.25, 0.3) is 0 Å². The molecule has 5 nitrogen and oxygen atoms in total. The Kier molecular flexibility index (Phi) is 5.45. The molecule has 0 fully saturated rings. The molecule has 0 radical (unpaired) electrons. The first-order chi connectivity index (χ1) is 14.7. The van der Waals surface area contributed by atoms with Crippen LogP contribution >= 0.6 is 11.3 Å². The number of carboxylic acids is 1. The van der Waals surface area contributed by atoms with Crippen molar-refractivity contribution in [2.75, 3.05) is 0 Å². The summed E-state index contributed by atoms with van der Waals surface area (Å²) >= 11 is 1.44. The number of thiophene rings is 1. The summed E-state index contributed by atoms with van der Waals surface area (Å²) < 4.78 is 50.7. The maximum atomic E-state index is 12.8. The molecule has 0 aliphatic heterocycles. The van der Waals surface area contributed by atoms with Crippen molar-refractivity contribution in [3.63, 3.8) is 0 Å². The van der Waals surface area contributed by atoms with Crippen LogP contribution in [0.1, 0.15) is 22.6 Å². The zero-order chi connectivity index (χ0) is 22.2. The Labute approximate surface area is 178 Å². The minimum absolute atomic E-state index is 0.0669. The van der Waals surface area contributed by atoms with Gasteiger partial charge in [0, 0.05) is 15.6 Å². The van der Waals surface area contributed by atoms with Crippen molar-refractivity contribution < 1.29 is 32.2 Å². The number of ether oxygens (including phenoxy) is 1. The average molecular weight is 447 g/mol. The number of carbonyl (C=O) groups is 1. The molecule has 31 heavy (non-hydrogen) atoms. The van der Waals surface area contributed by atoms with Crippen LogP contribution in [0, 0.1) is 6.92 Å². The van der Waals surface area contributed by atoms with Gasteiger partial charge in [0.1, 0.15) is 23.8 Å². The van der Waals surface area contributed by atoms with Gasteiger partial charge in [0.15, 0.2) is 0 Å². The molecule has 0 unspecified atom stereocenters. The van der Waals surface area contributed by atoms with E-state index in [0.29, 0.717) is 28.3 Å². The maximum absolute atomic E-state index is 12.8. The third-order valence-corrected chi connectivity index (χ3v) is 5.69. The number of nitrogens with zero attached hydrogens (tertiary/aromatic N) is 1. The number of benzene rings is 2. The van der Waals surface area contributed by atoms with Gasteiger partial charge in [-0.1, -0.05) is 6.07 Å². The van der Waals surface area contributed by atoms with Crippen LogP contribution in [0.15, 0.2) is 52.3 Å². The van der Waals surface area contributed by atoms with E-state index in [4.69, 9.17) is 14.3 Å². The molecule has 2 heterocycles. The zero-order valence-electron chi connectivity index (χ0n) is 16.2. The maximum Gasteiger partial charge on any atom is 0.416 e. The summed E-state index contributed by atoms with van der Waals surface area (Å²) in [5.74, 6) is 0.291. The highest BCUT2D eigenvalue weighted by molar-refractivity contribution is 7.17. The number of carboxylic acid groups (broad SMARTS) is 1. The van der Waals surface area contributed by atoms with Gasteiger partial charge in [0.05, 0.1) is 12.0 Å². The number of aryl methyl sites for hydroxylation is 1. The predicted octanol–water partition coefficient (Wildman–Crippen LogP) is 6.09. The standard InChI is InChI=1S/C22H16F3NO4S/c1-12-16(26-21(30-12)13-5-7-15(8-6-13)22(23,24)25)10-29-17-3-2-4-18-20(17)14(11-31-18)9-19(27)28/h2-8,11H,9-10H2,1H3,(H,27,28). The highest BCUT2D eigenvalue weighted by Crippen LogP contribution is 2.35. The van der Waals surface area contributed by atoms with Gasteiger partial charge >= 0.3 is 12.1 Å². The summed E-state index contributed by atoms with van der Waals surface area (Å²) in [6, 6.07) is 10.0. The van der Waals surface area contributed by atoms with Crippen molar-refractivity contribution >= 4 is 27.4 Å². The number of aromatic nitrogens is 1. The van der Waals surface area contributed by atoms with Crippen LogP contribution in [-0.4, -0.2) is 16.1 Å². The van der Waals surface area contributed by atoms with E-state index in [1.807, 2.05) is 12.1 Å². The first-order valence-corrected chi connectivity index (χ1v) is 10.1. The van der Waals surface area contributed by atoms with E-state index < -0.39 is 17.7 Å². The molecule has 4 aromatic rings.